The van der Waals surface area contributed by atoms with Crippen molar-refractivity contribution in [3.05, 3.63) is 84.6 Å². The zero-order valence-electron chi connectivity index (χ0n) is 17.7. The molecule has 152 valence electrons. The first kappa shape index (κ1) is 19.4. The van der Waals surface area contributed by atoms with Gasteiger partial charge < -0.3 is 4.42 Å². The van der Waals surface area contributed by atoms with Gasteiger partial charge in [0.2, 0.25) is 0 Å². The van der Waals surface area contributed by atoms with Gasteiger partial charge in [0.25, 0.3) is 0 Å². The number of furan rings is 1. The summed E-state index contributed by atoms with van der Waals surface area (Å²) < 4.78 is 6.34. The Bertz CT molecular complexity index is 1450. The predicted octanol–water partition coefficient (Wildman–Crippen LogP) is 7.24. The number of rotatable bonds is 3. The molecule has 31 heavy (non-hydrogen) atoms. The summed E-state index contributed by atoms with van der Waals surface area (Å²) in [5, 5.41) is 11.6. The van der Waals surface area contributed by atoms with Crippen molar-refractivity contribution < 1.29 is 4.42 Å². The van der Waals surface area contributed by atoms with Crippen LogP contribution in [-0.4, -0.2) is 23.8 Å². The van der Waals surface area contributed by atoms with Gasteiger partial charge in [-0.15, -0.1) is 0 Å². The van der Waals surface area contributed by atoms with Crippen LogP contribution in [-0.2, 0) is 0 Å². The van der Waals surface area contributed by atoms with Crippen LogP contribution < -0.4 is 0 Å². The molecule has 3 nitrogen and oxygen atoms in total. The monoisotopic (exact) mass is 422 g/mol. The quantitative estimate of drug-likeness (QED) is 0.308. The first-order chi connectivity index (χ1) is 15.0. The fourth-order valence-electron chi connectivity index (χ4n) is 4.00. The number of nitrogens with zero attached hydrogens (tertiary/aromatic N) is 2. The Hall–Kier alpha value is -3.55. The largest absolute Gasteiger partial charge is 0.454 e. The Morgan fingerprint density at radius 2 is 1.58 bits per heavy atom. The van der Waals surface area contributed by atoms with E-state index in [9.17, 15) is 5.26 Å². The van der Waals surface area contributed by atoms with E-state index in [2.05, 4.69) is 66.2 Å². The molecule has 3 aromatic carbocycles. The molecule has 0 radical (unpaired) electrons. The summed E-state index contributed by atoms with van der Waals surface area (Å²) in [5.74, 6) is 0. The number of para-hydroxylation sites is 1. The summed E-state index contributed by atoms with van der Waals surface area (Å²) in [6, 6.07) is 26.9. The van der Waals surface area contributed by atoms with Crippen LogP contribution in [0.5, 0.6) is 0 Å². The van der Waals surface area contributed by atoms with E-state index in [0.717, 1.165) is 38.7 Å². The van der Waals surface area contributed by atoms with Crippen molar-refractivity contribution in [2.24, 2.45) is 0 Å². The molecule has 0 aliphatic rings. The maximum Gasteiger partial charge on any atom is 0.153 e. The van der Waals surface area contributed by atoms with E-state index in [1.807, 2.05) is 30.3 Å². The molecule has 0 N–H and O–H groups in total. The number of pyridine rings is 1. The Morgan fingerprint density at radius 3 is 2.26 bits per heavy atom. The Labute approximate surface area is 183 Å². The average Bonchev–Trinajstić information content (AvgIpc) is 3.18. The maximum atomic E-state index is 9.62. The highest BCUT2D eigenvalue weighted by molar-refractivity contribution is 8.32. The Kier molecular flexibility index (Phi) is 4.57. The van der Waals surface area contributed by atoms with Crippen molar-refractivity contribution in [1.82, 2.24) is 4.98 Å². The van der Waals surface area contributed by atoms with Crippen LogP contribution in [0.1, 0.15) is 5.56 Å². The molecule has 0 aliphatic heterocycles. The van der Waals surface area contributed by atoms with E-state index in [4.69, 9.17) is 4.42 Å². The molecule has 5 aromatic rings. The van der Waals surface area contributed by atoms with E-state index in [1.165, 1.54) is 4.90 Å². The summed E-state index contributed by atoms with van der Waals surface area (Å²) in [7, 11) is -0.783. The van der Waals surface area contributed by atoms with Gasteiger partial charge in [0.1, 0.15) is 11.7 Å². The number of hydrogen-bond acceptors (Lipinski definition) is 3. The lowest BCUT2D eigenvalue weighted by atomic mass is 9.96. The normalized spacial score (nSPS) is 12.2. The standard InChI is InChI=1S/C27H22N2OS/c1-31(2,3)20-12-10-18(11-13-20)21-14-15-22(24-9-4-5-16-29-24)27-25(21)23-8-6-7-19(17-28)26(23)30-27/h4-16H,1-3H3. The van der Waals surface area contributed by atoms with Gasteiger partial charge in [-0.1, -0.05) is 36.4 Å². The summed E-state index contributed by atoms with van der Waals surface area (Å²) in [5.41, 5.74) is 5.94. The first-order valence-electron chi connectivity index (χ1n) is 10.1. The topological polar surface area (TPSA) is 49.8 Å². The fraction of sp³-hybridized carbons (Fsp3) is 0.111. The molecule has 0 aliphatic carbocycles. The van der Waals surface area contributed by atoms with Crippen LogP contribution in [0.2, 0.25) is 0 Å². The molecule has 0 unspecified atom stereocenters. The predicted molar refractivity (Wildman–Crippen MR) is 131 cm³/mol. The summed E-state index contributed by atoms with van der Waals surface area (Å²) >= 11 is 0. The van der Waals surface area contributed by atoms with Gasteiger partial charge in [0.05, 0.1) is 11.3 Å². The molecule has 0 amide bonds. The van der Waals surface area contributed by atoms with Crippen LogP contribution in [0.4, 0.5) is 0 Å². The van der Waals surface area contributed by atoms with Gasteiger partial charge in [-0.3, -0.25) is 4.98 Å². The van der Waals surface area contributed by atoms with Crippen molar-refractivity contribution in [3.8, 4) is 28.5 Å². The van der Waals surface area contributed by atoms with E-state index < -0.39 is 10.0 Å². The molecule has 5 rings (SSSR count). The molecule has 0 saturated heterocycles. The average molecular weight is 423 g/mol. The van der Waals surface area contributed by atoms with Crippen molar-refractivity contribution >= 4 is 32.0 Å². The molecule has 0 atom stereocenters. The molecular formula is C27H22N2OS. The molecule has 0 saturated carbocycles. The van der Waals surface area contributed by atoms with Gasteiger partial charge in [-0.05, 0) is 71.2 Å². The lowest BCUT2D eigenvalue weighted by Gasteiger charge is -2.25. The SMILES string of the molecule is CS(C)(C)c1ccc(-c2ccc(-c3ccccn3)c3oc4c(C#N)cccc4c23)cc1. The highest BCUT2D eigenvalue weighted by atomic mass is 32.3. The number of aromatic nitrogens is 1. The molecule has 2 heterocycles. The fourth-order valence-corrected chi connectivity index (χ4v) is 4.95. The minimum absolute atomic E-state index is 0.540. The maximum absolute atomic E-state index is 9.62. The third-order valence-corrected chi connectivity index (χ3v) is 7.27. The van der Waals surface area contributed by atoms with E-state index in [1.54, 1.807) is 12.3 Å². The van der Waals surface area contributed by atoms with Crippen molar-refractivity contribution in [1.29, 1.82) is 5.26 Å². The zero-order valence-corrected chi connectivity index (χ0v) is 18.5. The van der Waals surface area contributed by atoms with Crippen molar-refractivity contribution in [3.63, 3.8) is 0 Å². The number of fused-ring (bicyclic) bond motifs is 3. The highest BCUT2D eigenvalue weighted by Crippen LogP contribution is 2.46. The van der Waals surface area contributed by atoms with Crippen LogP contribution in [0.3, 0.4) is 0 Å². The van der Waals surface area contributed by atoms with Gasteiger partial charge >= 0.3 is 0 Å². The number of benzene rings is 3. The minimum Gasteiger partial charge on any atom is -0.454 e. The molecule has 0 spiro atoms. The molecular weight excluding hydrogens is 400 g/mol. The summed E-state index contributed by atoms with van der Waals surface area (Å²) in [4.78, 5) is 5.91. The third kappa shape index (κ3) is 3.28. The summed E-state index contributed by atoms with van der Waals surface area (Å²) in [6.07, 6.45) is 8.69. The molecule has 4 heteroatoms. The third-order valence-electron chi connectivity index (χ3n) is 5.58. The highest BCUT2D eigenvalue weighted by Gasteiger charge is 2.19. The molecule has 0 bridgehead atoms. The lowest BCUT2D eigenvalue weighted by molar-refractivity contribution is 0.668. The second-order valence-corrected chi connectivity index (χ2v) is 12.5. The van der Waals surface area contributed by atoms with E-state index in [-0.39, 0.29) is 0 Å². The van der Waals surface area contributed by atoms with E-state index in [0.29, 0.717) is 11.1 Å². The van der Waals surface area contributed by atoms with Crippen LogP contribution >= 0.6 is 10.0 Å². The van der Waals surface area contributed by atoms with Gasteiger partial charge in [0.15, 0.2) is 5.58 Å². The number of hydrogen-bond donors (Lipinski definition) is 0. The lowest BCUT2D eigenvalue weighted by Crippen LogP contribution is -1.92. The Balaban J connectivity index is 1.84. The molecule has 0 fully saturated rings. The first-order valence-corrected chi connectivity index (χ1v) is 12.9. The zero-order chi connectivity index (χ0) is 21.6. The number of nitriles is 1. The van der Waals surface area contributed by atoms with Gasteiger partial charge in [-0.25, -0.2) is 10.0 Å². The minimum atomic E-state index is -0.783. The van der Waals surface area contributed by atoms with Gasteiger partial charge in [0, 0.05) is 22.5 Å². The summed E-state index contributed by atoms with van der Waals surface area (Å²) in [6.45, 7) is 0. The smallest absolute Gasteiger partial charge is 0.153 e. The van der Waals surface area contributed by atoms with Crippen LogP contribution in [0.25, 0.3) is 44.3 Å². The Morgan fingerprint density at radius 1 is 0.806 bits per heavy atom. The van der Waals surface area contributed by atoms with Crippen LogP contribution in [0.15, 0.2) is 88.3 Å². The van der Waals surface area contributed by atoms with Crippen LogP contribution in [0, 0.1) is 11.3 Å². The van der Waals surface area contributed by atoms with E-state index >= 15 is 0 Å². The second-order valence-electron chi connectivity index (χ2n) is 8.34. The van der Waals surface area contributed by atoms with Crippen molar-refractivity contribution in [2.75, 3.05) is 18.8 Å². The van der Waals surface area contributed by atoms with Crippen molar-refractivity contribution in [2.45, 2.75) is 4.90 Å². The van der Waals surface area contributed by atoms with Gasteiger partial charge in [-0.2, -0.15) is 5.26 Å². The second kappa shape index (κ2) is 7.30. The molecule has 2 aromatic heterocycles.